The Kier molecular flexibility index (Phi) is 3.02. The van der Waals surface area contributed by atoms with Crippen LogP contribution in [0.5, 0.6) is 0 Å². The molecule has 0 aliphatic rings. The lowest BCUT2D eigenvalue weighted by Crippen LogP contribution is -2.13. The van der Waals surface area contributed by atoms with E-state index in [1.54, 1.807) is 6.92 Å². The number of hydrogen-bond donors (Lipinski definition) is 1. The molecule has 1 aromatic carbocycles. The molecule has 0 saturated heterocycles. The largest absolute Gasteiger partial charge is 0.383 e. The van der Waals surface area contributed by atoms with Crippen molar-refractivity contribution in [3.05, 3.63) is 46.6 Å². The van der Waals surface area contributed by atoms with Gasteiger partial charge in [-0.15, -0.1) is 0 Å². The van der Waals surface area contributed by atoms with Crippen molar-refractivity contribution >= 4 is 17.4 Å². The summed E-state index contributed by atoms with van der Waals surface area (Å²) in [6.45, 7) is 1.66. The Labute approximate surface area is 102 Å². The van der Waals surface area contributed by atoms with Gasteiger partial charge in [0.2, 0.25) is 0 Å². The Bertz CT molecular complexity index is 554. The van der Waals surface area contributed by atoms with Gasteiger partial charge in [-0.05, 0) is 25.1 Å². The number of halogens is 3. The number of aromatic nitrogens is 2. The van der Waals surface area contributed by atoms with E-state index in [1.807, 2.05) is 0 Å². The van der Waals surface area contributed by atoms with E-state index >= 15 is 0 Å². The summed E-state index contributed by atoms with van der Waals surface area (Å²) in [5, 5.41) is 4.22. The summed E-state index contributed by atoms with van der Waals surface area (Å²) >= 11 is 5.76. The van der Waals surface area contributed by atoms with E-state index in [0.29, 0.717) is 0 Å². The quantitative estimate of drug-likeness (QED) is 0.899. The standard InChI is InChI=1S/C11H10ClF2N3/c1-6(17-11(15)9(12)5-16-17)8-4-7(13)2-3-10(8)14/h2-6H,15H2,1H3. The zero-order chi connectivity index (χ0) is 12.6. The first-order valence-electron chi connectivity index (χ1n) is 4.94. The Morgan fingerprint density at radius 3 is 2.71 bits per heavy atom. The Morgan fingerprint density at radius 1 is 1.41 bits per heavy atom. The zero-order valence-electron chi connectivity index (χ0n) is 8.99. The number of nitrogen functional groups attached to an aromatic ring is 1. The van der Waals surface area contributed by atoms with E-state index in [9.17, 15) is 8.78 Å². The monoisotopic (exact) mass is 257 g/mol. The lowest BCUT2D eigenvalue weighted by Gasteiger charge is -2.15. The van der Waals surface area contributed by atoms with Gasteiger partial charge in [-0.3, -0.25) is 0 Å². The van der Waals surface area contributed by atoms with Crippen LogP contribution >= 0.6 is 11.6 Å². The Balaban J connectivity index is 2.47. The molecule has 6 heteroatoms. The molecule has 17 heavy (non-hydrogen) atoms. The van der Waals surface area contributed by atoms with Crippen molar-refractivity contribution < 1.29 is 8.78 Å². The van der Waals surface area contributed by atoms with Gasteiger partial charge in [0, 0.05) is 5.56 Å². The van der Waals surface area contributed by atoms with Gasteiger partial charge in [-0.25, -0.2) is 13.5 Å². The highest BCUT2D eigenvalue weighted by Gasteiger charge is 2.17. The molecule has 1 atom stereocenters. The summed E-state index contributed by atoms with van der Waals surface area (Å²) in [7, 11) is 0. The maximum Gasteiger partial charge on any atom is 0.141 e. The second-order valence-electron chi connectivity index (χ2n) is 3.66. The number of nitrogens with two attached hydrogens (primary N) is 1. The van der Waals surface area contributed by atoms with Crippen LogP contribution in [0.2, 0.25) is 5.02 Å². The summed E-state index contributed by atoms with van der Waals surface area (Å²) in [5.41, 5.74) is 5.86. The summed E-state index contributed by atoms with van der Waals surface area (Å²) < 4.78 is 28.0. The van der Waals surface area contributed by atoms with E-state index in [2.05, 4.69) is 5.10 Å². The highest BCUT2D eigenvalue weighted by molar-refractivity contribution is 6.32. The van der Waals surface area contributed by atoms with Crippen LogP contribution in [-0.4, -0.2) is 9.78 Å². The van der Waals surface area contributed by atoms with Crippen molar-refractivity contribution in [2.45, 2.75) is 13.0 Å². The number of rotatable bonds is 2. The van der Waals surface area contributed by atoms with Crippen molar-refractivity contribution in [2.24, 2.45) is 0 Å². The van der Waals surface area contributed by atoms with Gasteiger partial charge in [-0.1, -0.05) is 11.6 Å². The third-order valence-electron chi connectivity index (χ3n) is 2.56. The van der Waals surface area contributed by atoms with E-state index in [-0.39, 0.29) is 16.4 Å². The maximum absolute atomic E-state index is 13.6. The number of anilines is 1. The molecule has 0 saturated carbocycles. The first-order valence-corrected chi connectivity index (χ1v) is 5.32. The molecular weight excluding hydrogens is 248 g/mol. The molecule has 90 valence electrons. The lowest BCUT2D eigenvalue weighted by atomic mass is 10.1. The highest BCUT2D eigenvalue weighted by Crippen LogP contribution is 2.27. The first kappa shape index (κ1) is 11.9. The topological polar surface area (TPSA) is 43.8 Å². The summed E-state index contributed by atoms with van der Waals surface area (Å²) in [6.07, 6.45) is 1.37. The third-order valence-corrected chi connectivity index (χ3v) is 2.85. The highest BCUT2D eigenvalue weighted by atomic mass is 35.5. The van der Waals surface area contributed by atoms with E-state index in [4.69, 9.17) is 17.3 Å². The minimum atomic E-state index is -0.529. The molecule has 2 rings (SSSR count). The maximum atomic E-state index is 13.6. The summed E-state index contributed by atoms with van der Waals surface area (Å²) in [5.74, 6) is -0.794. The van der Waals surface area contributed by atoms with Crippen LogP contribution in [0, 0.1) is 11.6 Å². The van der Waals surface area contributed by atoms with Crippen molar-refractivity contribution in [1.82, 2.24) is 9.78 Å². The average molecular weight is 258 g/mol. The van der Waals surface area contributed by atoms with Crippen molar-refractivity contribution in [3.8, 4) is 0 Å². The molecule has 0 aliphatic heterocycles. The third kappa shape index (κ3) is 2.10. The molecule has 3 nitrogen and oxygen atoms in total. The van der Waals surface area contributed by atoms with Crippen LogP contribution < -0.4 is 5.73 Å². The number of hydrogen-bond acceptors (Lipinski definition) is 2. The molecule has 2 aromatic rings. The molecule has 0 spiro atoms. The van der Waals surface area contributed by atoms with Gasteiger partial charge in [0.1, 0.15) is 22.5 Å². The fraction of sp³-hybridized carbons (Fsp3) is 0.182. The van der Waals surface area contributed by atoms with Crippen molar-refractivity contribution in [3.63, 3.8) is 0 Å². The van der Waals surface area contributed by atoms with Gasteiger partial charge >= 0.3 is 0 Å². The van der Waals surface area contributed by atoms with E-state index in [1.165, 1.54) is 10.9 Å². The molecular formula is C11H10ClF2N3. The molecule has 0 radical (unpaired) electrons. The van der Waals surface area contributed by atoms with Gasteiger partial charge in [-0.2, -0.15) is 5.10 Å². The molecule has 1 unspecified atom stereocenters. The Hall–Kier alpha value is -1.62. The molecule has 2 N–H and O–H groups in total. The molecule has 1 heterocycles. The number of benzene rings is 1. The molecule has 0 fully saturated rings. The SMILES string of the molecule is CC(c1cc(F)ccc1F)n1ncc(Cl)c1N. The first-order chi connectivity index (χ1) is 8.00. The van der Waals surface area contributed by atoms with Crippen LogP contribution in [0.4, 0.5) is 14.6 Å². The van der Waals surface area contributed by atoms with Crippen LogP contribution in [0.3, 0.4) is 0 Å². The second-order valence-corrected chi connectivity index (χ2v) is 4.07. The van der Waals surface area contributed by atoms with Gasteiger partial charge in [0.15, 0.2) is 0 Å². The van der Waals surface area contributed by atoms with Crippen LogP contribution in [-0.2, 0) is 0 Å². The molecule has 1 aromatic heterocycles. The minimum Gasteiger partial charge on any atom is -0.383 e. The van der Waals surface area contributed by atoms with Crippen molar-refractivity contribution in [2.75, 3.05) is 5.73 Å². The predicted molar refractivity (Wildman–Crippen MR) is 61.8 cm³/mol. The van der Waals surface area contributed by atoms with Gasteiger partial charge in [0.25, 0.3) is 0 Å². The lowest BCUT2D eigenvalue weighted by molar-refractivity contribution is 0.517. The van der Waals surface area contributed by atoms with Gasteiger partial charge < -0.3 is 5.73 Å². The van der Waals surface area contributed by atoms with Gasteiger partial charge in [0.05, 0.1) is 12.2 Å². The average Bonchev–Trinajstić information content (AvgIpc) is 2.62. The molecule has 0 aliphatic carbocycles. The van der Waals surface area contributed by atoms with E-state index < -0.39 is 17.7 Å². The molecule has 0 amide bonds. The van der Waals surface area contributed by atoms with Crippen LogP contribution in [0.15, 0.2) is 24.4 Å². The number of nitrogens with zero attached hydrogens (tertiary/aromatic N) is 2. The minimum absolute atomic E-state index is 0.177. The predicted octanol–water partition coefficient (Wildman–Crippen LogP) is 3.01. The summed E-state index contributed by atoms with van der Waals surface area (Å²) in [4.78, 5) is 0. The zero-order valence-corrected chi connectivity index (χ0v) is 9.75. The van der Waals surface area contributed by atoms with Crippen LogP contribution in [0.1, 0.15) is 18.5 Å². The summed E-state index contributed by atoms with van der Waals surface area (Å²) in [6, 6.07) is 2.72. The Morgan fingerprint density at radius 2 is 2.12 bits per heavy atom. The van der Waals surface area contributed by atoms with Crippen LogP contribution in [0.25, 0.3) is 0 Å². The fourth-order valence-electron chi connectivity index (χ4n) is 1.63. The smallest absolute Gasteiger partial charge is 0.141 e. The molecule has 0 bridgehead atoms. The normalized spacial score (nSPS) is 12.7. The van der Waals surface area contributed by atoms with Crippen molar-refractivity contribution in [1.29, 1.82) is 0 Å². The van der Waals surface area contributed by atoms with E-state index in [0.717, 1.165) is 18.2 Å². The fourth-order valence-corrected chi connectivity index (χ4v) is 1.76. The second kappa shape index (κ2) is 4.33.